The Balaban J connectivity index is 2.00. The molecule has 0 radical (unpaired) electrons. The van der Waals surface area contributed by atoms with Crippen LogP contribution in [-0.2, 0) is 21.4 Å². The van der Waals surface area contributed by atoms with Crippen LogP contribution in [0.3, 0.4) is 0 Å². The van der Waals surface area contributed by atoms with Crippen molar-refractivity contribution in [1.29, 1.82) is 0 Å². The summed E-state index contributed by atoms with van der Waals surface area (Å²) in [5.74, 6) is -0.219. The van der Waals surface area contributed by atoms with Crippen molar-refractivity contribution in [2.75, 3.05) is 0 Å². The van der Waals surface area contributed by atoms with Gasteiger partial charge in [-0.25, -0.2) is 23.2 Å². The fraction of sp³-hybridized carbons (Fsp3) is 0.250. The van der Waals surface area contributed by atoms with E-state index in [2.05, 4.69) is 15.4 Å². The Bertz CT molecular complexity index is 710. The zero-order valence-corrected chi connectivity index (χ0v) is 12.1. The van der Waals surface area contributed by atoms with Crippen molar-refractivity contribution in [2.24, 2.45) is 5.14 Å². The smallest absolute Gasteiger partial charge is 0.242 e. The molecule has 1 aromatic heterocycles. The average molecular weight is 309 g/mol. The molecule has 1 atom stereocenters. The number of carbonyl (C=O) groups excluding carboxylic acids is 1. The Kier molecular flexibility index (Phi) is 4.34. The van der Waals surface area contributed by atoms with Crippen molar-refractivity contribution in [3.05, 3.63) is 42.5 Å². The molecule has 0 aliphatic carbocycles. The summed E-state index contributed by atoms with van der Waals surface area (Å²) in [7, 11) is -3.71. The van der Waals surface area contributed by atoms with E-state index in [1.807, 2.05) is 0 Å². The minimum atomic E-state index is -3.71. The van der Waals surface area contributed by atoms with E-state index in [1.54, 1.807) is 19.1 Å². The number of nitrogens with zero attached hydrogens (tertiary/aromatic N) is 3. The van der Waals surface area contributed by atoms with Gasteiger partial charge in [-0.05, 0) is 24.6 Å². The number of hydrogen-bond acceptors (Lipinski definition) is 5. The number of sulfonamides is 1. The van der Waals surface area contributed by atoms with Crippen molar-refractivity contribution in [3.8, 4) is 0 Å². The summed E-state index contributed by atoms with van der Waals surface area (Å²) in [4.78, 5) is 15.6. The van der Waals surface area contributed by atoms with Gasteiger partial charge in [0.05, 0.1) is 10.9 Å². The van der Waals surface area contributed by atoms with Gasteiger partial charge in [0.1, 0.15) is 19.2 Å². The third-order valence-electron chi connectivity index (χ3n) is 2.86. The molecule has 112 valence electrons. The molecule has 0 saturated carbocycles. The standard InChI is InChI=1S/C12H15N5O3S/c1-9(16-12(18)6-17-8-14-7-15-17)10-2-4-11(5-3-10)21(13,19)20/h2-5,7-9H,6H2,1H3,(H,16,18)(H2,13,19,20). The van der Waals surface area contributed by atoms with Gasteiger partial charge in [-0.3, -0.25) is 4.79 Å². The highest BCUT2D eigenvalue weighted by Gasteiger charge is 2.12. The first-order valence-corrected chi connectivity index (χ1v) is 7.65. The van der Waals surface area contributed by atoms with E-state index >= 15 is 0 Å². The number of nitrogens with one attached hydrogen (secondary N) is 1. The molecule has 21 heavy (non-hydrogen) atoms. The molecule has 1 unspecified atom stereocenters. The van der Waals surface area contributed by atoms with Gasteiger partial charge in [0.25, 0.3) is 0 Å². The summed E-state index contributed by atoms with van der Waals surface area (Å²) in [5, 5.41) is 11.6. The second kappa shape index (κ2) is 6.02. The molecule has 3 N–H and O–H groups in total. The molecule has 9 heteroatoms. The summed E-state index contributed by atoms with van der Waals surface area (Å²) in [6.07, 6.45) is 2.80. The second-order valence-corrected chi connectivity index (χ2v) is 6.06. The molecule has 2 aromatic rings. The van der Waals surface area contributed by atoms with Crippen molar-refractivity contribution >= 4 is 15.9 Å². The lowest BCUT2D eigenvalue weighted by molar-refractivity contribution is -0.122. The quantitative estimate of drug-likeness (QED) is 0.792. The van der Waals surface area contributed by atoms with Gasteiger partial charge < -0.3 is 5.32 Å². The molecule has 1 aromatic carbocycles. The van der Waals surface area contributed by atoms with Crippen LogP contribution in [0.2, 0.25) is 0 Å². The first-order chi connectivity index (χ1) is 9.86. The Morgan fingerprint density at radius 3 is 2.57 bits per heavy atom. The minimum Gasteiger partial charge on any atom is -0.348 e. The number of aromatic nitrogens is 3. The maximum atomic E-state index is 11.8. The SMILES string of the molecule is CC(NC(=O)Cn1cncn1)c1ccc(S(N)(=O)=O)cc1. The number of carbonyl (C=O) groups is 1. The monoisotopic (exact) mass is 309 g/mol. The predicted octanol–water partition coefficient (Wildman–Crippen LogP) is -0.197. The van der Waals surface area contributed by atoms with Crippen molar-refractivity contribution in [2.45, 2.75) is 24.4 Å². The van der Waals surface area contributed by atoms with E-state index in [9.17, 15) is 13.2 Å². The lowest BCUT2D eigenvalue weighted by Crippen LogP contribution is -2.30. The van der Waals surface area contributed by atoms with Crippen molar-refractivity contribution in [1.82, 2.24) is 20.1 Å². The van der Waals surface area contributed by atoms with Crippen LogP contribution < -0.4 is 10.5 Å². The molecule has 2 rings (SSSR count). The van der Waals surface area contributed by atoms with E-state index in [1.165, 1.54) is 29.5 Å². The Hall–Kier alpha value is -2.26. The van der Waals surface area contributed by atoms with Gasteiger partial charge in [-0.15, -0.1) is 0 Å². The Labute approximate surface area is 122 Å². The van der Waals surface area contributed by atoms with Crippen molar-refractivity contribution in [3.63, 3.8) is 0 Å². The number of amides is 1. The van der Waals surface area contributed by atoms with Crippen LogP contribution in [0.25, 0.3) is 0 Å². The Morgan fingerprint density at radius 1 is 1.38 bits per heavy atom. The fourth-order valence-corrected chi connectivity index (χ4v) is 2.29. The van der Waals surface area contributed by atoms with Gasteiger partial charge in [-0.1, -0.05) is 12.1 Å². The summed E-state index contributed by atoms with van der Waals surface area (Å²) in [6.45, 7) is 1.87. The number of hydrogen-bond donors (Lipinski definition) is 2. The van der Waals surface area contributed by atoms with Crippen LogP contribution in [-0.4, -0.2) is 29.1 Å². The van der Waals surface area contributed by atoms with Crippen LogP contribution in [0.5, 0.6) is 0 Å². The lowest BCUT2D eigenvalue weighted by atomic mass is 10.1. The minimum absolute atomic E-state index is 0.0346. The normalized spacial score (nSPS) is 12.9. The van der Waals surface area contributed by atoms with Gasteiger partial charge in [0.15, 0.2) is 0 Å². The summed E-state index contributed by atoms with van der Waals surface area (Å²) >= 11 is 0. The molecule has 0 aliphatic heterocycles. The van der Waals surface area contributed by atoms with Crippen LogP contribution in [0.15, 0.2) is 41.8 Å². The van der Waals surface area contributed by atoms with E-state index in [-0.39, 0.29) is 23.4 Å². The number of rotatable bonds is 5. The zero-order chi connectivity index (χ0) is 15.5. The molecule has 0 aliphatic rings. The molecule has 8 nitrogen and oxygen atoms in total. The van der Waals surface area contributed by atoms with E-state index in [0.717, 1.165) is 5.56 Å². The molecule has 0 fully saturated rings. The van der Waals surface area contributed by atoms with Crippen LogP contribution in [0.4, 0.5) is 0 Å². The molecular formula is C12H15N5O3S. The van der Waals surface area contributed by atoms with E-state index in [0.29, 0.717) is 0 Å². The molecule has 1 amide bonds. The first-order valence-electron chi connectivity index (χ1n) is 6.11. The topological polar surface area (TPSA) is 120 Å². The number of nitrogens with two attached hydrogens (primary N) is 1. The number of benzene rings is 1. The molecule has 1 heterocycles. The van der Waals surface area contributed by atoms with Gasteiger partial charge in [0.2, 0.25) is 15.9 Å². The second-order valence-electron chi connectivity index (χ2n) is 4.50. The lowest BCUT2D eigenvalue weighted by Gasteiger charge is -2.14. The Morgan fingerprint density at radius 2 is 2.05 bits per heavy atom. The van der Waals surface area contributed by atoms with Crippen LogP contribution >= 0.6 is 0 Å². The predicted molar refractivity (Wildman–Crippen MR) is 74.4 cm³/mol. The molecule has 0 bridgehead atoms. The van der Waals surface area contributed by atoms with Gasteiger partial charge in [-0.2, -0.15) is 5.10 Å². The first kappa shape index (κ1) is 15.1. The average Bonchev–Trinajstić information content (AvgIpc) is 2.90. The largest absolute Gasteiger partial charge is 0.348 e. The number of primary sulfonamides is 1. The summed E-state index contributed by atoms with van der Waals surface area (Å²) < 4.78 is 23.7. The van der Waals surface area contributed by atoms with Crippen molar-refractivity contribution < 1.29 is 13.2 Å². The fourth-order valence-electron chi connectivity index (χ4n) is 1.78. The van der Waals surface area contributed by atoms with Crippen LogP contribution in [0.1, 0.15) is 18.5 Å². The van der Waals surface area contributed by atoms with Crippen LogP contribution in [0, 0.1) is 0 Å². The highest BCUT2D eigenvalue weighted by Crippen LogP contribution is 2.15. The molecule has 0 saturated heterocycles. The summed E-state index contributed by atoms with van der Waals surface area (Å²) in [6, 6.07) is 5.77. The summed E-state index contributed by atoms with van der Waals surface area (Å²) in [5.41, 5.74) is 0.773. The third-order valence-corrected chi connectivity index (χ3v) is 3.79. The maximum Gasteiger partial charge on any atom is 0.242 e. The van der Waals surface area contributed by atoms with Gasteiger partial charge in [0, 0.05) is 0 Å². The molecule has 0 spiro atoms. The highest BCUT2D eigenvalue weighted by atomic mass is 32.2. The molecular weight excluding hydrogens is 294 g/mol. The van der Waals surface area contributed by atoms with Gasteiger partial charge >= 0.3 is 0 Å². The maximum absolute atomic E-state index is 11.8. The third kappa shape index (κ3) is 4.10. The van der Waals surface area contributed by atoms with E-state index in [4.69, 9.17) is 5.14 Å². The van der Waals surface area contributed by atoms with E-state index < -0.39 is 10.0 Å². The zero-order valence-electron chi connectivity index (χ0n) is 11.3. The highest BCUT2D eigenvalue weighted by molar-refractivity contribution is 7.89.